The van der Waals surface area contributed by atoms with Crippen molar-refractivity contribution >= 4 is 46.0 Å². The van der Waals surface area contributed by atoms with Gasteiger partial charge in [0.1, 0.15) is 11.1 Å². The van der Waals surface area contributed by atoms with Crippen molar-refractivity contribution in [2.45, 2.75) is 29.4 Å². The molecule has 2 aliphatic rings. The smallest absolute Gasteiger partial charge is 0.256 e. The number of piperidine rings is 1. The number of nitrogens with one attached hydrogen (secondary N) is 2. The van der Waals surface area contributed by atoms with Crippen molar-refractivity contribution in [3.8, 4) is 5.88 Å². The molecule has 4 heterocycles. The molecule has 11 heteroatoms. The highest BCUT2D eigenvalue weighted by atomic mass is 32.2. The number of pyridine rings is 2. The van der Waals surface area contributed by atoms with Gasteiger partial charge >= 0.3 is 0 Å². The van der Waals surface area contributed by atoms with E-state index in [1.807, 2.05) is 18.2 Å². The average Bonchev–Trinajstić information content (AvgIpc) is 2.93. The first kappa shape index (κ1) is 25.4. The van der Waals surface area contributed by atoms with Gasteiger partial charge in [-0.1, -0.05) is 6.07 Å². The van der Waals surface area contributed by atoms with E-state index in [-0.39, 0.29) is 11.8 Å². The maximum atomic E-state index is 13.4. The van der Waals surface area contributed by atoms with Crippen LogP contribution in [0.25, 0.3) is 11.0 Å². The molecule has 0 radical (unpaired) electrons. The number of thioether (sulfide) groups is 1. The van der Waals surface area contributed by atoms with Crippen molar-refractivity contribution < 1.29 is 24.2 Å². The van der Waals surface area contributed by atoms with E-state index < -0.39 is 11.7 Å². The minimum Gasteiger partial charge on any atom is -0.481 e. The zero-order valence-electron chi connectivity index (χ0n) is 20.7. The molecule has 1 unspecified atom stereocenters. The number of carbonyl (C=O) groups is 2. The largest absolute Gasteiger partial charge is 0.481 e. The van der Waals surface area contributed by atoms with Crippen LogP contribution < -0.4 is 15.4 Å². The van der Waals surface area contributed by atoms with Crippen molar-refractivity contribution in [1.29, 1.82) is 0 Å². The van der Waals surface area contributed by atoms with Crippen molar-refractivity contribution in [1.82, 2.24) is 14.9 Å². The van der Waals surface area contributed by atoms with Crippen molar-refractivity contribution in [3.05, 3.63) is 48.2 Å². The molecule has 10 nitrogen and oxygen atoms in total. The molecule has 0 spiro atoms. The molecule has 0 saturated carbocycles. The third kappa shape index (κ3) is 5.26. The molecule has 2 aromatic heterocycles. The first-order valence-electron chi connectivity index (χ1n) is 12.0. The maximum absolute atomic E-state index is 13.4. The van der Waals surface area contributed by atoms with E-state index in [9.17, 15) is 14.7 Å². The summed E-state index contributed by atoms with van der Waals surface area (Å²) >= 11 is 1.49. The Hall–Kier alpha value is -3.25. The van der Waals surface area contributed by atoms with Gasteiger partial charge in [0, 0.05) is 43.9 Å². The Morgan fingerprint density at radius 2 is 2.05 bits per heavy atom. The zero-order chi connectivity index (χ0) is 26.0. The minimum atomic E-state index is -0.997. The summed E-state index contributed by atoms with van der Waals surface area (Å²) in [6, 6.07) is 10.9. The van der Waals surface area contributed by atoms with E-state index in [2.05, 4.69) is 25.5 Å². The van der Waals surface area contributed by atoms with Crippen LogP contribution >= 0.6 is 11.8 Å². The van der Waals surface area contributed by atoms with Crippen LogP contribution in [0.5, 0.6) is 5.88 Å². The highest BCUT2D eigenvalue weighted by Gasteiger charge is 2.42. The first-order valence-corrected chi connectivity index (χ1v) is 13.0. The Labute approximate surface area is 218 Å². The second kappa shape index (κ2) is 10.6. The summed E-state index contributed by atoms with van der Waals surface area (Å²) in [6.45, 7) is 1.58. The Bertz CT molecular complexity index is 1330. The molecular formula is C26H29N5O5S. The number of aromatic nitrogens is 2. The van der Waals surface area contributed by atoms with Crippen molar-refractivity contribution in [3.63, 3.8) is 0 Å². The molecule has 2 aliphatic heterocycles. The molecule has 37 heavy (non-hydrogen) atoms. The SMILES string of the molecule is COc1ccc2nccc(NC(=O)C3(OC)CCN(CC(O)c4ccc5c(c4)NC(=O)CS5)CC3)c2n1. The number of carbonyl (C=O) groups excluding carboxylic acids is 2. The van der Waals surface area contributed by atoms with E-state index in [1.54, 1.807) is 31.5 Å². The predicted molar refractivity (Wildman–Crippen MR) is 141 cm³/mol. The van der Waals surface area contributed by atoms with Crippen LogP contribution in [0.15, 0.2) is 47.5 Å². The normalized spacial score (nSPS) is 18.1. The third-order valence-electron chi connectivity index (χ3n) is 6.94. The second-order valence-corrected chi connectivity index (χ2v) is 10.2. The van der Waals surface area contributed by atoms with E-state index in [4.69, 9.17) is 9.47 Å². The molecule has 3 N–H and O–H groups in total. The minimum absolute atomic E-state index is 0.0379. The number of amides is 2. The van der Waals surface area contributed by atoms with Crippen LogP contribution in [-0.4, -0.2) is 77.0 Å². The zero-order valence-corrected chi connectivity index (χ0v) is 21.5. The Morgan fingerprint density at radius 1 is 1.24 bits per heavy atom. The number of hydrogen-bond donors (Lipinski definition) is 3. The number of β-amino-alcohol motifs (C(OH)–C–C–N with tert-alkyl or cyclic N) is 1. The van der Waals surface area contributed by atoms with Crippen LogP contribution in [0.1, 0.15) is 24.5 Å². The molecule has 1 aromatic carbocycles. The van der Waals surface area contributed by atoms with Crippen LogP contribution in [0, 0.1) is 0 Å². The van der Waals surface area contributed by atoms with Gasteiger partial charge in [-0.3, -0.25) is 14.6 Å². The molecule has 1 atom stereocenters. The average molecular weight is 524 g/mol. The second-order valence-electron chi connectivity index (χ2n) is 9.14. The van der Waals surface area contributed by atoms with E-state index in [1.165, 1.54) is 18.9 Å². The number of aliphatic hydroxyl groups excluding tert-OH is 1. The molecule has 0 aliphatic carbocycles. The number of fused-ring (bicyclic) bond motifs is 2. The molecule has 3 aromatic rings. The lowest BCUT2D eigenvalue weighted by Crippen LogP contribution is -2.53. The van der Waals surface area contributed by atoms with Gasteiger partial charge in [0.05, 0.1) is 35.9 Å². The first-order chi connectivity index (χ1) is 17.9. The topological polar surface area (TPSA) is 126 Å². The maximum Gasteiger partial charge on any atom is 0.256 e. The van der Waals surface area contributed by atoms with Crippen molar-refractivity contribution in [2.24, 2.45) is 0 Å². The van der Waals surface area contributed by atoms with E-state index in [0.29, 0.717) is 60.8 Å². The fourth-order valence-corrected chi connectivity index (χ4v) is 5.53. The Morgan fingerprint density at radius 3 is 2.81 bits per heavy atom. The van der Waals surface area contributed by atoms with Crippen LogP contribution in [0.3, 0.4) is 0 Å². The Kier molecular flexibility index (Phi) is 7.29. The summed E-state index contributed by atoms with van der Waals surface area (Å²) in [7, 11) is 3.09. The van der Waals surface area contributed by atoms with Gasteiger partial charge in [-0.05, 0) is 42.7 Å². The monoisotopic (exact) mass is 523 g/mol. The molecule has 2 amide bonds. The summed E-state index contributed by atoms with van der Waals surface area (Å²) < 4.78 is 11.0. The summed E-state index contributed by atoms with van der Waals surface area (Å²) in [4.78, 5) is 37.0. The third-order valence-corrected chi connectivity index (χ3v) is 8.01. The number of benzene rings is 1. The lowest BCUT2D eigenvalue weighted by molar-refractivity contribution is -0.144. The van der Waals surface area contributed by atoms with Gasteiger partial charge in [-0.2, -0.15) is 0 Å². The molecule has 194 valence electrons. The molecule has 5 rings (SSSR count). The Balaban J connectivity index is 1.23. The van der Waals surface area contributed by atoms with Gasteiger partial charge in [-0.25, -0.2) is 4.98 Å². The van der Waals surface area contributed by atoms with E-state index >= 15 is 0 Å². The predicted octanol–water partition coefficient (Wildman–Crippen LogP) is 2.84. The summed E-state index contributed by atoms with van der Waals surface area (Å²) in [5, 5.41) is 16.7. The van der Waals surface area contributed by atoms with Gasteiger partial charge < -0.3 is 30.1 Å². The number of aliphatic hydroxyl groups is 1. The van der Waals surface area contributed by atoms with Gasteiger partial charge in [0.2, 0.25) is 11.8 Å². The molecular weight excluding hydrogens is 494 g/mol. The fraction of sp³-hybridized carbons (Fsp3) is 0.385. The van der Waals surface area contributed by atoms with Gasteiger partial charge in [0.15, 0.2) is 0 Å². The molecule has 1 fully saturated rings. The summed E-state index contributed by atoms with van der Waals surface area (Å²) in [6.07, 6.45) is 1.85. The number of methoxy groups -OCH3 is 2. The standard InChI is InChI=1S/C26H29N5O5S/c1-35-23-6-4-17-24(30-23)18(7-10-27-17)29-25(34)26(36-2)8-11-31(12-9-26)14-20(32)16-3-5-21-19(13-16)28-22(33)15-37-21/h3-7,10,13,20,32H,8-9,11-12,14-15H2,1-2H3,(H,28,33)(H,27,29,34). The van der Waals surface area contributed by atoms with E-state index in [0.717, 1.165) is 16.1 Å². The number of hydrogen-bond acceptors (Lipinski definition) is 9. The quantitative estimate of drug-likeness (QED) is 0.429. The molecule has 0 bridgehead atoms. The number of anilines is 2. The number of likely N-dealkylation sites (tertiary alicyclic amines) is 1. The van der Waals surface area contributed by atoms with Gasteiger partial charge in [-0.15, -0.1) is 11.8 Å². The highest BCUT2D eigenvalue weighted by Crippen LogP contribution is 2.34. The molecule has 1 saturated heterocycles. The lowest BCUT2D eigenvalue weighted by atomic mass is 9.89. The summed E-state index contributed by atoms with van der Waals surface area (Å²) in [5.74, 6) is 0.559. The number of ether oxygens (including phenoxy) is 2. The van der Waals surface area contributed by atoms with Crippen LogP contribution in [0.4, 0.5) is 11.4 Å². The van der Waals surface area contributed by atoms with Crippen LogP contribution in [0.2, 0.25) is 0 Å². The van der Waals surface area contributed by atoms with Gasteiger partial charge in [0.25, 0.3) is 5.91 Å². The number of nitrogens with zero attached hydrogens (tertiary/aromatic N) is 3. The fourth-order valence-electron chi connectivity index (χ4n) is 4.74. The highest BCUT2D eigenvalue weighted by molar-refractivity contribution is 8.00. The lowest BCUT2D eigenvalue weighted by Gasteiger charge is -2.40. The summed E-state index contributed by atoms with van der Waals surface area (Å²) in [5.41, 5.74) is 2.22. The van der Waals surface area contributed by atoms with Crippen molar-refractivity contribution in [2.75, 3.05) is 50.2 Å². The number of rotatable bonds is 7. The van der Waals surface area contributed by atoms with Crippen LogP contribution in [-0.2, 0) is 14.3 Å².